The third-order valence-corrected chi connectivity index (χ3v) is 7.04. The van der Waals surface area contributed by atoms with Crippen LogP contribution in [-0.2, 0) is 6.18 Å². The Labute approximate surface area is 191 Å². The van der Waals surface area contributed by atoms with Gasteiger partial charge in [0.05, 0.1) is 0 Å². The van der Waals surface area contributed by atoms with Crippen LogP contribution in [0.15, 0.2) is 53.4 Å². The number of amides is 1. The van der Waals surface area contributed by atoms with E-state index in [1.807, 2.05) is 54.3 Å². The monoisotopic (exact) mass is 479 g/mol. The van der Waals surface area contributed by atoms with E-state index < -0.39 is 11.2 Å². The van der Waals surface area contributed by atoms with Gasteiger partial charge in [-0.05, 0) is 54.8 Å². The first-order valence-electron chi connectivity index (χ1n) is 9.85. The number of carbonyl (C=O) groups excluding carboxylic acids is 1. The first kappa shape index (κ1) is 22.6. The minimum atomic E-state index is -4.46. The van der Waals surface area contributed by atoms with E-state index in [-0.39, 0.29) is 5.91 Å². The number of alkyl halides is 3. The van der Waals surface area contributed by atoms with E-state index in [2.05, 4.69) is 19.8 Å². The van der Waals surface area contributed by atoms with Gasteiger partial charge in [-0.25, -0.2) is 4.31 Å². The largest absolute Gasteiger partial charge is 0.445 e. The lowest BCUT2D eigenvalue weighted by Crippen LogP contribution is -2.43. The number of aromatic nitrogens is 2. The molecule has 1 N–H and O–H groups in total. The molecule has 0 saturated carbocycles. The molecule has 1 saturated heterocycles. The predicted molar refractivity (Wildman–Crippen MR) is 120 cm³/mol. The molecule has 2 heterocycles. The van der Waals surface area contributed by atoms with Crippen LogP contribution in [0.4, 0.5) is 24.0 Å². The number of hydrogen-bond donors (Lipinski definition) is 1. The zero-order valence-corrected chi connectivity index (χ0v) is 18.7. The van der Waals surface area contributed by atoms with E-state index in [9.17, 15) is 18.0 Å². The number of rotatable bonds is 5. The molecule has 32 heavy (non-hydrogen) atoms. The fraction of sp³-hybridized carbons (Fsp3) is 0.286. The fourth-order valence-corrected chi connectivity index (χ4v) is 4.87. The number of carbonyl (C=O) groups is 1. The van der Waals surface area contributed by atoms with Crippen LogP contribution < -0.4 is 10.2 Å². The quantitative estimate of drug-likeness (QED) is 0.523. The highest BCUT2D eigenvalue weighted by molar-refractivity contribution is 7.97. The Morgan fingerprint density at radius 1 is 1.03 bits per heavy atom. The van der Waals surface area contributed by atoms with Crippen LogP contribution in [0.25, 0.3) is 0 Å². The highest BCUT2D eigenvalue weighted by Gasteiger charge is 2.36. The number of hydrogen-bond acceptors (Lipinski definition) is 7. The maximum Gasteiger partial charge on any atom is 0.445 e. The van der Waals surface area contributed by atoms with Crippen molar-refractivity contribution < 1.29 is 18.0 Å². The van der Waals surface area contributed by atoms with Crippen molar-refractivity contribution in [2.24, 2.45) is 0 Å². The number of anilines is 2. The molecule has 168 valence electrons. The number of benzene rings is 2. The molecule has 0 aliphatic carbocycles. The second-order valence-electron chi connectivity index (χ2n) is 7.19. The fourth-order valence-electron chi connectivity index (χ4n) is 3.20. The normalized spacial score (nSPS) is 15.1. The summed E-state index contributed by atoms with van der Waals surface area (Å²) in [5, 5.41) is 9.24. The molecule has 1 aliphatic rings. The molecule has 1 fully saturated rings. The van der Waals surface area contributed by atoms with Crippen molar-refractivity contribution >= 4 is 40.0 Å². The summed E-state index contributed by atoms with van der Waals surface area (Å²) in [4.78, 5) is 15.3. The van der Waals surface area contributed by atoms with Gasteiger partial charge < -0.3 is 10.2 Å². The van der Waals surface area contributed by atoms with E-state index in [1.165, 1.54) is 0 Å². The number of nitrogens with zero attached hydrogens (tertiary/aromatic N) is 4. The van der Waals surface area contributed by atoms with Gasteiger partial charge in [-0.1, -0.05) is 29.5 Å². The predicted octanol–water partition coefficient (Wildman–Crippen LogP) is 4.95. The van der Waals surface area contributed by atoms with Gasteiger partial charge in [-0.2, -0.15) is 13.2 Å². The number of halogens is 3. The number of piperazine rings is 1. The second-order valence-corrected chi connectivity index (χ2v) is 9.31. The summed E-state index contributed by atoms with van der Waals surface area (Å²) < 4.78 is 40.3. The number of aryl methyl sites for hydroxylation is 1. The minimum Gasteiger partial charge on any atom is -0.344 e. The standard InChI is InChI=1S/C21H20F3N5OS2/c1-14-4-2-3-5-17(14)18(30)25-15-6-8-16(9-7-15)32-29-12-10-28(11-13-29)20-27-26-19(31-20)21(22,23)24/h2-9H,10-13H2,1H3,(H,25,30). The van der Waals surface area contributed by atoms with Crippen LogP contribution in [0, 0.1) is 6.92 Å². The molecule has 1 aliphatic heterocycles. The molecule has 3 aromatic rings. The summed E-state index contributed by atoms with van der Waals surface area (Å²) in [7, 11) is 0. The molecule has 6 nitrogen and oxygen atoms in total. The van der Waals surface area contributed by atoms with Crippen molar-refractivity contribution in [3.8, 4) is 0 Å². The maximum atomic E-state index is 12.7. The van der Waals surface area contributed by atoms with E-state index >= 15 is 0 Å². The second kappa shape index (κ2) is 9.47. The topological polar surface area (TPSA) is 61.4 Å². The highest BCUT2D eigenvalue weighted by Crippen LogP contribution is 2.35. The number of nitrogens with one attached hydrogen (secondary N) is 1. The van der Waals surface area contributed by atoms with Crippen molar-refractivity contribution in [2.45, 2.75) is 18.0 Å². The minimum absolute atomic E-state index is 0.148. The lowest BCUT2D eigenvalue weighted by molar-refractivity contribution is -0.138. The molecular formula is C21H20F3N5OS2. The lowest BCUT2D eigenvalue weighted by atomic mass is 10.1. The van der Waals surface area contributed by atoms with E-state index in [0.29, 0.717) is 53.9 Å². The van der Waals surface area contributed by atoms with Gasteiger partial charge in [0.1, 0.15) is 0 Å². The molecule has 1 amide bonds. The van der Waals surface area contributed by atoms with Crippen molar-refractivity contribution in [3.05, 3.63) is 64.7 Å². The molecule has 0 unspecified atom stereocenters. The molecule has 0 radical (unpaired) electrons. The van der Waals surface area contributed by atoms with Crippen LogP contribution >= 0.6 is 23.3 Å². The molecule has 0 bridgehead atoms. The molecule has 1 aromatic heterocycles. The first-order valence-corrected chi connectivity index (χ1v) is 11.4. The van der Waals surface area contributed by atoms with Gasteiger partial charge in [0.15, 0.2) is 0 Å². The van der Waals surface area contributed by atoms with E-state index in [0.717, 1.165) is 10.5 Å². The average molecular weight is 480 g/mol. The van der Waals surface area contributed by atoms with Gasteiger partial charge in [0.25, 0.3) is 5.91 Å². The Bertz CT molecular complexity index is 1080. The van der Waals surface area contributed by atoms with Crippen LogP contribution in [0.5, 0.6) is 0 Å². The van der Waals surface area contributed by atoms with Crippen molar-refractivity contribution in [1.29, 1.82) is 0 Å². The summed E-state index contributed by atoms with van der Waals surface area (Å²) in [6, 6.07) is 15.0. The molecule has 11 heteroatoms. The highest BCUT2D eigenvalue weighted by atomic mass is 32.2. The van der Waals surface area contributed by atoms with Gasteiger partial charge in [0.2, 0.25) is 10.1 Å². The third kappa shape index (κ3) is 5.40. The van der Waals surface area contributed by atoms with Crippen LogP contribution in [0.3, 0.4) is 0 Å². The van der Waals surface area contributed by atoms with Crippen molar-refractivity contribution in [2.75, 3.05) is 36.4 Å². The molecular weight excluding hydrogens is 459 g/mol. The van der Waals surface area contributed by atoms with Gasteiger partial charge in [0, 0.05) is 42.3 Å². The van der Waals surface area contributed by atoms with E-state index in [1.54, 1.807) is 18.0 Å². The van der Waals surface area contributed by atoms with Gasteiger partial charge in [-0.3, -0.25) is 4.79 Å². The Kier molecular flexibility index (Phi) is 6.68. The zero-order valence-electron chi connectivity index (χ0n) is 17.1. The Hall–Kier alpha value is -2.63. The lowest BCUT2D eigenvalue weighted by Gasteiger charge is -2.33. The summed E-state index contributed by atoms with van der Waals surface area (Å²) in [6.45, 7) is 4.40. The smallest absolute Gasteiger partial charge is 0.344 e. The maximum absolute atomic E-state index is 12.7. The SMILES string of the molecule is Cc1ccccc1C(=O)Nc1ccc(SN2CCN(c3nnc(C(F)(F)F)s3)CC2)cc1. The van der Waals surface area contributed by atoms with Crippen molar-refractivity contribution in [1.82, 2.24) is 14.5 Å². The first-order chi connectivity index (χ1) is 15.3. The Morgan fingerprint density at radius 3 is 2.34 bits per heavy atom. The molecule has 0 spiro atoms. The van der Waals surface area contributed by atoms with Crippen LogP contribution in [-0.4, -0.2) is 46.6 Å². The Morgan fingerprint density at radius 2 is 1.72 bits per heavy atom. The van der Waals surface area contributed by atoms with Crippen LogP contribution in [0.1, 0.15) is 20.9 Å². The average Bonchev–Trinajstić information content (AvgIpc) is 3.27. The van der Waals surface area contributed by atoms with Gasteiger partial charge in [-0.15, -0.1) is 10.2 Å². The van der Waals surface area contributed by atoms with Gasteiger partial charge >= 0.3 is 6.18 Å². The summed E-state index contributed by atoms with van der Waals surface area (Å²) in [5.74, 6) is -0.148. The summed E-state index contributed by atoms with van der Waals surface area (Å²) in [6.07, 6.45) is -4.46. The van der Waals surface area contributed by atoms with E-state index in [4.69, 9.17) is 0 Å². The van der Waals surface area contributed by atoms with Crippen molar-refractivity contribution in [3.63, 3.8) is 0 Å². The van der Waals surface area contributed by atoms with Crippen LogP contribution in [0.2, 0.25) is 0 Å². The molecule has 2 aromatic carbocycles. The summed E-state index contributed by atoms with van der Waals surface area (Å²) >= 11 is 2.15. The molecule has 4 rings (SSSR count). The Balaban J connectivity index is 1.29. The zero-order chi connectivity index (χ0) is 22.7. The summed E-state index contributed by atoms with van der Waals surface area (Å²) in [5.41, 5.74) is 2.27. The third-order valence-electron chi connectivity index (χ3n) is 4.90. The molecule has 0 atom stereocenters.